The highest BCUT2D eigenvalue weighted by molar-refractivity contribution is 6.32. The zero-order chi connectivity index (χ0) is 21.6. The molecule has 0 fully saturated rings. The summed E-state index contributed by atoms with van der Waals surface area (Å²) in [7, 11) is 1.67. The molecule has 6 heteroatoms. The fraction of sp³-hybridized carbons (Fsp3) is 0.333. The van der Waals surface area contributed by atoms with Gasteiger partial charge in [-0.15, -0.1) is 0 Å². The predicted molar refractivity (Wildman–Crippen MR) is 117 cm³/mol. The first kappa shape index (κ1) is 20.3. The van der Waals surface area contributed by atoms with Gasteiger partial charge in [-0.25, -0.2) is 0 Å². The molecule has 1 aliphatic rings. The Balaban J connectivity index is 1.74. The number of benzene rings is 2. The fourth-order valence-corrected chi connectivity index (χ4v) is 4.41. The standard InChI is InChI=1S/C24H24ClN3O2/c1-14-22(16-6-7-17(12-26)20(25)10-16)15(2)28(27-14)13-18-8-9-21(29-5)23-19(18)11-24(3,4)30-23/h6-10H,11,13H2,1-5H3. The number of aryl methyl sites for hydroxylation is 1. The molecular weight excluding hydrogens is 398 g/mol. The molecule has 1 aliphatic heterocycles. The number of hydrogen-bond donors (Lipinski definition) is 0. The Labute approximate surface area is 181 Å². The Morgan fingerprint density at radius 1 is 1.27 bits per heavy atom. The zero-order valence-corrected chi connectivity index (χ0v) is 18.6. The average molecular weight is 422 g/mol. The molecule has 1 aromatic heterocycles. The lowest BCUT2D eigenvalue weighted by Gasteiger charge is -2.17. The van der Waals surface area contributed by atoms with Crippen LogP contribution in [0.25, 0.3) is 11.1 Å². The van der Waals surface area contributed by atoms with E-state index in [1.54, 1.807) is 13.2 Å². The Morgan fingerprint density at radius 2 is 2.03 bits per heavy atom. The van der Waals surface area contributed by atoms with Gasteiger partial charge in [0.25, 0.3) is 0 Å². The van der Waals surface area contributed by atoms with Gasteiger partial charge in [-0.2, -0.15) is 10.4 Å². The van der Waals surface area contributed by atoms with E-state index in [9.17, 15) is 0 Å². The Hall–Kier alpha value is -2.97. The largest absolute Gasteiger partial charge is 0.493 e. The van der Waals surface area contributed by atoms with Gasteiger partial charge in [0, 0.05) is 23.2 Å². The smallest absolute Gasteiger partial charge is 0.165 e. The minimum atomic E-state index is -0.259. The summed E-state index contributed by atoms with van der Waals surface area (Å²) in [6.07, 6.45) is 0.826. The van der Waals surface area contributed by atoms with Gasteiger partial charge in [0.05, 0.1) is 29.9 Å². The average Bonchev–Trinajstić information content (AvgIpc) is 3.17. The molecule has 2 aromatic carbocycles. The third-order valence-electron chi connectivity index (χ3n) is 5.60. The number of nitrogens with zero attached hydrogens (tertiary/aromatic N) is 3. The summed E-state index contributed by atoms with van der Waals surface area (Å²) in [4.78, 5) is 0. The van der Waals surface area contributed by atoms with Crippen molar-refractivity contribution in [2.45, 2.75) is 46.3 Å². The predicted octanol–water partition coefficient (Wildman–Crippen LogP) is 5.46. The molecule has 0 atom stereocenters. The molecule has 0 aliphatic carbocycles. The third-order valence-corrected chi connectivity index (χ3v) is 5.91. The van der Waals surface area contributed by atoms with Gasteiger partial charge in [0.1, 0.15) is 11.7 Å². The summed E-state index contributed by atoms with van der Waals surface area (Å²) in [5.74, 6) is 1.60. The molecule has 0 unspecified atom stereocenters. The second-order valence-electron chi connectivity index (χ2n) is 8.28. The third kappa shape index (κ3) is 3.42. The quantitative estimate of drug-likeness (QED) is 0.561. The van der Waals surface area contributed by atoms with Crippen LogP contribution in [0.5, 0.6) is 11.5 Å². The molecule has 0 saturated heterocycles. The van der Waals surface area contributed by atoms with E-state index >= 15 is 0 Å². The van der Waals surface area contributed by atoms with E-state index in [0.29, 0.717) is 17.1 Å². The van der Waals surface area contributed by atoms with Gasteiger partial charge in [0.15, 0.2) is 11.5 Å². The van der Waals surface area contributed by atoms with Gasteiger partial charge in [-0.05, 0) is 57.0 Å². The first-order chi connectivity index (χ1) is 14.2. The highest BCUT2D eigenvalue weighted by Gasteiger charge is 2.34. The van der Waals surface area contributed by atoms with Crippen molar-refractivity contribution in [3.05, 3.63) is 63.4 Å². The number of ether oxygens (including phenoxy) is 2. The summed E-state index contributed by atoms with van der Waals surface area (Å²) in [5, 5.41) is 14.4. The molecular formula is C24H24ClN3O2. The fourth-order valence-electron chi connectivity index (χ4n) is 4.19. The zero-order valence-electron chi connectivity index (χ0n) is 17.8. The van der Waals surface area contributed by atoms with Crippen LogP contribution in [0.15, 0.2) is 30.3 Å². The van der Waals surface area contributed by atoms with Gasteiger partial charge in [-0.3, -0.25) is 4.68 Å². The Morgan fingerprint density at radius 3 is 2.70 bits per heavy atom. The van der Waals surface area contributed by atoms with Gasteiger partial charge >= 0.3 is 0 Å². The van der Waals surface area contributed by atoms with Crippen molar-refractivity contribution in [2.75, 3.05) is 7.11 Å². The van der Waals surface area contributed by atoms with E-state index in [1.165, 1.54) is 11.1 Å². The summed E-state index contributed by atoms with van der Waals surface area (Å²) in [6, 6.07) is 11.7. The first-order valence-corrected chi connectivity index (χ1v) is 10.2. The molecule has 0 spiro atoms. The maximum Gasteiger partial charge on any atom is 0.165 e. The number of hydrogen-bond acceptors (Lipinski definition) is 4. The number of methoxy groups -OCH3 is 1. The summed E-state index contributed by atoms with van der Waals surface area (Å²) >= 11 is 6.26. The number of fused-ring (bicyclic) bond motifs is 1. The van der Waals surface area contributed by atoms with E-state index in [4.69, 9.17) is 31.4 Å². The minimum absolute atomic E-state index is 0.259. The van der Waals surface area contributed by atoms with Crippen LogP contribution in [0.4, 0.5) is 0 Å². The minimum Gasteiger partial charge on any atom is -0.493 e. The molecule has 0 radical (unpaired) electrons. The summed E-state index contributed by atoms with van der Waals surface area (Å²) in [5.41, 5.74) is 6.55. The monoisotopic (exact) mass is 421 g/mol. The topological polar surface area (TPSA) is 60.1 Å². The number of nitriles is 1. The van der Waals surface area contributed by atoms with Crippen LogP contribution in [0.1, 0.15) is 41.9 Å². The highest BCUT2D eigenvalue weighted by Crippen LogP contribution is 2.44. The van der Waals surface area contributed by atoms with Crippen molar-refractivity contribution >= 4 is 11.6 Å². The first-order valence-electron chi connectivity index (χ1n) is 9.86. The maximum absolute atomic E-state index is 9.14. The van der Waals surface area contributed by atoms with E-state index in [0.717, 1.165) is 40.4 Å². The molecule has 30 heavy (non-hydrogen) atoms. The molecule has 0 amide bonds. The van der Waals surface area contributed by atoms with E-state index in [1.807, 2.05) is 29.8 Å². The second kappa shape index (κ2) is 7.37. The van der Waals surface area contributed by atoms with Crippen molar-refractivity contribution in [3.63, 3.8) is 0 Å². The van der Waals surface area contributed by atoms with Crippen LogP contribution in [-0.4, -0.2) is 22.5 Å². The van der Waals surface area contributed by atoms with Crippen LogP contribution in [0.3, 0.4) is 0 Å². The molecule has 0 saturated carbocycles. The van der Waals surface area contributed by atoms with Crippen LogP contribution in [0.2, 0.25) is 5.02 Å². The molecule has 154 valence electrons. The molecule has 0 bridgehead atoms. The Bertz CT molecular complexity index is 1190. The SMILES string of the molecule is COc1ccc(Cn2nc(C)c(-c3ccc(C#N)c(Cl)c3)c2C)c2c1OC(C)(C)C2. The van der Waals surface area contributed by atoms with Crippen molar-refractivity contribution in [2.24, 2.45) is 0 Å². The molecule has 4 rings (SSSR count). The van der Waals surface area contributed by atoms with Crippen LogP contribution >= 0.6 is 11.6 Å². The van der Waals surface area contributed by atoms with E-state index in [2.05, 4.69) is 32.9 Å². The summed E-state index contributed by atoms with van der Waals surface area (Å²) < 4.78 is 13.7. The number of halogens is 1. The normalized spacial score (nSPS) is 14.2. The summed E-state index contributed by atoms with van der Waals surface area (Å²) in [6.45, 7) is 8.88. The van der Waals surface area contributed by atoms with Gasteiger partial charge < -0.3 is 9.47 Å². The van der Waals surface area contributed by atoms with Crippen LogP contribution in [0, 0.1) is 25.2 Å². The lowest BCUT2D eigenvalue weighted by molar-refractivity contribution is 0.134. The van der Waals surface area contributed by atoms with Crippen molar-refractivity contribution < 1.29 is 9.47 Å². The van der Waals surface area contributed by atoms with Gasteiger partial charge in [-0.1, -0.05) is 23.7 Å². The Kier molecular flexibility index (Phi) is 4.99. The molecule has 5 nitrogen and oxygen atoms in total. The van der Waals surface area contributed by atoms with Crippen LogP contribution < -0.4 is 9.47 Å². The van der Waals surface area contributed by atoms with Crippen LogP contribution in [-0.2, 0) is 13.0 Å². The lowest BCUT2D eigenvalue weighted by Crippen LogP contribution is -2.25. The van der Waals surface area contributed by atoms with E-state index < -0.39 is 0 Å². The lowest BCUT2D eigenvalue weighted by atomic mass is 9.97. The molecule has 3 aromatic rings. The maximum atomic E-state index is 9.14. The highest BCUT2D eigenvalue weighted by atomic mass is 35.5. The number of aromatic nitrogens is 2. The van der Waals surface area contributed by atoms with E-state index in [-0.39, 0.29) is 5.60 Å². The molecule has 0 N–H and O–H groups in total. The van der Waals surface area contributed by atoms with Crippen molar-refractivity contribution in [1.82, 2.24) is 9.78 Å². The van der Waals surface area contributed by atoms with Crippen molar-refractivity contribution in [3.8, 4) is 28.7 Å². The number of rotatable bonds is 4. The van der Waals surface area contributed by atoms with Gasteiger partial charge in [0.2, 0.25) is 0 Å². The second-order valence-corrected chi connectivity index (χ2v) is 8.69. The molecule has 2 heterocycles. The van der Waals surface area contributed by atoms with Crippen molar-refractivity contribution in [1.29, 1.82) is 5.26 Å².